The fraction of sp³-hybridized carbons (Fsp3) is 0.333. The highest BCUT2D eigenvalue weighted by Crippen LogP contribution is 2.31. The average Bonchev–Trinajstić information content (AvgIpc) is 2.95. The summed E-state index contributed by atoms with van der Waals surface area (Å²) < 4.78 is 20.5. The maximum absolute atomic E-state index is 13.4. The van der Waals surface area contributed by atoms with Crippen LogP contribution in [0.5, 0.6) is 5.75 Å². The van der Waals surface area contributed by atoms with Crippen LogP contribution in [-0.4, -0.2) is 33.3 Å². The van der Waals surface area contributed by atoms with Crippen LogP contribution in [-0.2, 0) is 11.8 Å². The molecular weight excluding hydrogens is 319 g/mol. The minimum absolute atomic E-state index is 0.244. The number of hydrogen-bond donors (Lipinski definition) is 0. The molecule has 1 aromatic carbocycles. The van der Waals surface area contributed by atoms with Crippen molar-refractivity contribution in [2.75, 3.05) is 11.4 Å². The summed E-state index contributed by atoms with van der Waals surface area (Å²) in [6.45, 7) is 0.510. The van der Waals surface area contributed by atoms with Crippen LogP contribution in [0.3, 0.4) is 0 Å². The molecular formula is C15H15FN4O4. The highest BCUT2D eigenvalue weighted by molar-refractivity contribution is 5.97. The van der Waals surface area contributed by atoms with Crippen LogP contribution in [0, 0.1) is 15.9 Å². The number of nitro benzene ring substituents is 1. The Morgan fingerprint density at radius 3 is 2.92 bits per heavy atom. The molecule has 3 rings (SSSR count). The first-order chi connectivity index (χ1) is 11.5. The Balaban J connectivity index is 1.84. The lowest BCUT2D eigenvalue weighted by molar-refractivity contribution is -0.386. The molecule has 0 saturated carbocycles. The van der Waals surface area contributed by atoms with Gasteiger partial charge in [0.15, 0.2) is 6.10 Å². The van der Waals surface area contributed by atoms with E-state index in [-0.39, 0.29) is 17.3 Å². The smallest absolute Gasteiger partial charge is 0.311 e. The van der Waals surface area contributed by atoms with Crippen molar-refractivity contribution < 1.29 is 18.8 Å². The summed E-state index contributed by atoms with van der Waals surface area (Å²) in [6, 6.07) is 2.93. The first-order valence-electron chi connectivity index (χ1n) is 7.36. The molecule has 8 nitrogen and oxygen atoms in total. The minimum atomic E-state index is -0.903. The molecule has 1 aromatic heterocycles. The first kappa shape index (κ1) is 15.9. The molecule has 1 aliphatic heterocycles. The highest BCUT2D eigenvalue weighted by Gasteiger charge is 2.33. The van der Waals surface area contributed by atoms with Gasteiger partial charge in [-0.2, -0.15) is 5.10 Å². The summed E-state index contributed by atoms with van der Waals surface area (Å²) in [4.78, 5) is 24.5. The number of nitrogens with zero attached hydrogens (tertiary/aromatic N) is 4. The van der Waals surface area contributed by atoms with Crippen LogP contribution in [0.1, 0.15) is 12.8 Å². The number of piperidine rings is 1. The molecule has 1 atom stereocenters. The summed E-state index contributed by atoms with van der Waals surface area (Å²) in [6.07, 6.45) is 3.42. The van der Waals surface area contributed by atoms with Gasteiger partial charge in [0, 0.05) is 31.9 Å². The maximum Gasteiger partial charge on any atom is 0.311 e. The number of carbonyl (C=O) groups is 1. The number of anilines is 1. The van der Waals surface area contributed by atoms with Gasteiger partial charge in [0.2, 0.25) is 5.75 Å². The van der Waals surface area contributed by atoms with Gasteiger partial charge < -0.3 is 9.64 Å². The zero-order valence-electron chi connectivity index (χ0n) is 12.9. The number of halogens is 1. The Kier molecular flexibility index (Phi) is 4.15. The second-order valence-electron chi connectivity index (χ2n) is 5.48. The summed E-state index contributed by atoms with van der Waals surface area (Å²) in [5.41, 5.74) is 0.257. The predicted octanol–water partition coefficient (Wildman–Crippen LogP) is 2.04. The number of aromatic nitrogens is 2. The van der Waals surface area contributed by atoms with E-state index in [0.717, 1.165) is 18.2 Å². The number of carbonyl (C=O) groups excluding carboxylic acids is 1. The van der Waals surface area contributed by atoms with E-state index in [1.807, 2.05) is 0 Å². The zero-order valence-corrected chi connectivity index (χ0v) is 12.9. The maximum atomic E-state index is 13.4. The Bertz CT molecular complexity index is 792. The van der Waals surface area contributed by atoms with Crippen LogP contribution >= 0.6 is 0 Å². The topological polar surface area (TPSA) is 90.5 Å². The molecule has 0 radical (unpaired) electrons. The van der Waals surface area contributed by atoms with E-state index < -0.39 is 16.8 Å². The van der Waals surface area contributed by atoms with Gasteiger partial charge in [0.1, 0.15) is 5.82 Å². The van der Waals surface area contributed by atoms with Gasteiger partial charge in [-0.05, 0) is 18.9 Å². The van der Waals surface area contributed by atoms with Gasteiger partial charge in [0.25, 0.3) is 5.91 Å². The fourth-order valence-corrected chi connectivity index (χ4v) is 2.64. The predicted molar refractivity (Wildman–Crippen MR) is 82.3 cm³/mol. The monoisotopic (exact) mass is 334 g/mol. The van der Waals surface area contributed by atoms with E-state index >= 15 is 0 Å². The molecule has 0 N–H and O–H groups in total. The molecule has 1 fully saturated rings. The third-order valence-electron chi connectivity index (χ3n) is 3.78. The van der Waals surface area contributed by atoms with Crippen LogP contribution in [0.2, 0.25) is 0 Å². The fourth-order valence-electron chi connectivity index (χ4n) is 2.64. The molecule has 1 saturated heterocycles. The number of aryl methyl sites for hydroxylation is 1. The Labute approximate surface area is 136 Å². The van der Waals surface area contributed by atoms with Crippen molar-refractivity contribution in [3.05, 3.63) is 46.5 Å². The summed E-state index contributed by atoms with van der Waals surface area (Å²) in [5, 5.41) is 15.1. The summed E-state index contributed by atoms with van der Waals surface area (Å²) in [5.74, 6) is -1.23. The molecule has 9 heteroatoms. The number of rotatable bonds is 4. The molecule has 1 unspecified atom stereocenters. The van der Waals surface area contributed by atoms with E-state index in [9.17, 15) is 19.3 Å². The van der Waals surface area contributed by atoms with Gasteiger partial charge in [-0.25, -0.2) is 4.39 Å². The average molecular weight is 334 g/mol. The van der Waals surface area contributed by atoms with E-state index in [1.54, 1.807) is 24.1 Å². The first-order valence-corrected chi connectivity index (χ1v) is 7.36. The molecule has 0 spiro atoms. The molecule has 0 aliphatic carbocycles. The van der Waals surface area contributed by atoms with E-state index in [4.69, 9.17) is 4.74 Å². The molecule has 2 heterocycles. The number of benzene rings is 1. The van der Waals surface area contributed by atoms with Crippen LogP contribution in [0.25, 0.3) is 0 Å². The van der Waals surface area contributed by atoms with Crippen molar-refractivity contribution in [2.24, 2.45) is 7.05 Å². The van der Waals surface area contributed by atoms with Gasteiger partial charge in [-0.1, -0.05) is 0 Å². The van der Waals surface area contributed by atoms with Crippen molar-refractivity contribution in [1.29, 1.82) is 0 Å². The summed E-state index contributed by atoms with van der Waals surface area (Å²) in [7, 11) is 1.74. The van der Waals surface area contributed by atoms with Gasteiger partial charge in [0.05, 0.1) is 16.8 Å². The van der Waals surface area contributed by atoms with Gasteiger partial charge >= 0.3 is 5.69 Å². The molecule has 1 aliphatic rings. The molecule has 2 aromatic rings. The molecule has 126 valence electrons. The lowest BCUT2D eigenvalue weighted by Gasteiger charge is -2.31. The second kappa shape index (κ2) is 6.26. The van der Waals surface area contributed by atoms with Crippen molar-refractivity contribution >= 4 is 17.3 Å². The quantitative estimate of drug-likeness (QED) is 0.630. The van der Waals surface area contributed by atoms with Crippen molar-refractivity contribution in [3.8, 4) is 5.75 Å². The largest absolute Gasteiger partial charge is 0.473 e. The third-order valence-corrected chi connectivity index (χ3v) is 3.78. The van der Waals surface area contributed by atoms with Gasteiger partial charge in [-0.15, -0.1) is 0 Å². The van der Waals surface area contributed by atoms with E-state index in [2.05, 4.69) is 5.10 Å². The second-order valence-corrected chi connectivity index (χ2v) is 5.48. The number of nitro groups is 1. The summed E-state index contributed by atoms with van der Waals surface area (Å²) >= 11 is 0. The van der Waals surface area contributed by atoms with E-state index in [1.165, 1.54) is 4.90 Å². The minimum Gasteiger partial charge on any atom is -0.473 e. The Morgan fingerprint density at radius 2 is 2.25 bits per heavy atom. The Morgan fingerprint density at radius 1 is 1.46 bits per heavy atom. The number of ether oxygens (including phenoxy) is 1. The van der Waals surface area contributed by atoms with Crippen molar-refractivity contribution in [1.82, 2.24) is 9.78 Å². The Hall–Kier alpha value is -2.97. The van der Waals surface area contributed by atoms with Crippen LogP contribution in [0.15, 0.2) is 30.6 Å². The molecule has 0 bridgehead atoms. The van der Waals surface area contributed by atoms with Crippen molar-refractivity contribution in [2.45, 2.75) is 18.9 Å². The standard InChI is InChI=1S/C15H15FN4O4/c1-18-9-11(8-17-18)19-6-2-3-13(15(19)21)24-14-7-10(16)4-5-12(14)20(22)23/h4-5,7-9,13H,2-3,6H2,1H3. The third kappa shape index (κ3) is 3.05. The molecule has 1 amide bonds. The molecule has 24 heavy (non-hydrogen) atoms. The number of amides is 1. The normalized spacial score (nSPS) is 17.8. The van der Waals surface area contributed by atoms with Crippen molar-refractivity contribution in [3.63, 3.8) is 0 Å². The van der Waals surface area contributed by atoms with Crippen LogP contribution in [0.4, 0.5) is 15.8 Å². The lowest BCUT2D eigenvalue weighted by Crippen LogP contribution is -2.46. The van der Waals surface area contributed by atoms with Gasteiger partial charge in [-0.3, -0.25) is 19.6 Å². The lowest BCUT2D eigenvalue weighted by atomic mass is 10.1. The highest BCUT2D eigenvalue weighted by atomic mass is 19.1. The van der Waals surface area contributed by atoms with E-state index in [0.29, 0.717) is 25.1 Å². The van der Waals surface area contributed by atoms with Crippen LogP contribution < -0.4 is 9.64 Å². The number of hydrogen-bond acceptors (Lipinski definition) is 5. The zero-order chi connectivity index (χ0) is 17.3. The SMILES string of the molecule is Cn1cc(N2CCCC(Oc3cc(F)ccc3[N+](=O)[O-])C2=O)cn1.